The standard InChI is InChI=1S/C17H22N4O3/c22-15-7-6-14(20-15)16(23)21-10-8-13(9-11-21)19-17(24)18-12-4-2-1-3-5-12/h1-5,13-14H,6-11H2,(H,20,22)(H2,18,19,24). The Balaban J connectivity index is 1.42. The lowest BCUT2D eigenvalue weighted by Crippen LogP contribution is -2.51. The highest BCUT2D eigenvalue weighted by Crippen LogP contribution is 2.16. The third-order valence-corrected chi connectivity index (χ3v) is 4.47. The molecule has 3 rings (SSSR count). The molecule has 7 nitrogen and oxygen atoms in total. The Kier molecular flexibility index (Phi) is 4.98. The molecule has 0 aromatic heterocycles. The van der Waals surface area contributed by atoms with E-state index >= 15 is 0 Å². The van der Waals surface area contributed by atoms with Gasteiger partial charge in [0, 0.05) is 31.2 Å². The quantitative estimate of drug-likeness (QED) is 0.774. The van der Waals surface area contributed by atoms with E-state index in [2.05, 4.69) is 16.0 Å². The number of benzene rings is 1. The van der Waals surface area contributed by atoms with Crippen molar-refractivity contribution in [3.8, 4) is 0 Å². The summed E-state index contributed by atoms with van der Waals surface area (Å²) in [4.78, 5) is 37.3. The van der Waals surface area contributed by atoms with E-state index in [1.54, 1.807) is 4.90 Å². The van der Waals surface area contributed by atoms with Crippen molar-refractivity contribution >= 4 is 23.5 Å². The van der Waals surface area contributed by atoms with Crippen LogP contribution in [0.3, 0.4) is 0 Å². The summed E-state index contributed by atoms with van der Waals surface area (Å²) >= 11 is 0. The van der Waals surface area contributed by atoms with Gasteiger partial charge in [-0.25, -0.2) is 4.79 Å². The molecule has 7 heteroatoms. The van der Waals surface area contributed by atoms with Crippen molar-refractivity contribution in [1.29, 1.82) is 0 Å². The number of para-hydroxylation sites is 1. The van der Waals surface area contributed by atoms with Gasteiger partial charge in [0.15, 0.2) is 0 Å². The number of anilines is 1. The maximum atomic E-state index is 12.3. The van der Waals surface area contributed by atoms with Gasteiger partial charge < -0.3 is 20.9 Å². The van der Waals surface area contributed by atoms with Crippen LogP contribution in [0.1, 0.15) is 25.7 Å². The number of urea groups is 1. The van der Waals surface area contributed by atoms with Gasteiger partial charge in [-0.3, -0.25) is 9.59 Å². The van der Waals surface area contributed by atoms with Crippen molar-refractivity contribution in [3.05, 3.63) is 30.3 Å². The smallest absolute Gasteiger partial charge is 0.319 e. The van der Waals surface area contributed by atoms with Crippen LogP contribution >= 0.6 is 0 Å². The molecule has 1 aromatic carbocycles. The lowest BCUT2D eigenvalue weighted by Gasteiger charge is -2.33. The van der Waals surface area contributed by atoms with Crippen LogP contribution in [0, 0.1) is 0 Å². The first-order chi connectivity index (χ1) is 11.6. The van der Waals surface area contributed by atoms with Crippen LogP contribution in [-0.4, -0.2) is 47.9 Å². The molecule has 2 aliphatic rings. The average Bonchev–Trinajstić information content (AvgIpc) is 3.02. The summed E-state index contributed by atoms with van der Waals surface area (Å²) in [5.74, 6) is -0.0597. The summed E-state index contributed by atoms with van der Waals surface area (Å²) in [5.41, 5.74) is 0.750. The van der Waals surface area contributed by atoms with Crippen LogP contribution in [0.25, 0.3) is 0 Å². The van der Waals surface area contributed by atoms with E-state index in [9.17, 15) is 14.4 Å². The maximum Gasteiger partial charge on any atom is 0.319 e. The molecule has 1 atom stereocenters. The number of hydrogen-bond donors (Lipinski definition) is 3. The third-order valence-electron chi connectivity index (χ3n) is 4.47. The summed E-state index contributed by atoms with van der Waals surface area (Å²) in [6.07, 6.45) is 2.44. The fourth-order valence-corrected chi connectivity index (χ4v) is 3.14. The Labute approximate surface area is 140 Å². The van der Waals surface area contributed by atoms with Gasteiger partial charge >= 0.3 is 6.03 Å². The predicted molar refractivity (Wildman–Crippen MR) is 89.4 cm³/mol. The van der Waals surface area contributed by atoms with E-state index in [0.717, 1.165) is 5.69 Å². The molecule has 24 heavy (non-hydrogen) atoms. The van der Waals surface area contributed by atoms with E-state index in [0.29, 0.717) is 38.8 Å². The number of piperidine rings is 1. The van der Waals surface area contributed by atoms with Crippen LogP contribution in [0.5, 0.6) is 0 Å². The number of carbonyl (C=O) groups excluding carboxylic acids is 3. The van der Waals surface area contributed by atoms with E-state index in [1.807, 2.05) is 30.3 Å². The summed E-state index contributed by atoms with van der Waals surface area (Å²) in [6.45, 7) is 1.20. The van der Waals surface area contributed by atoms with Gasteiger partial charge in [-0.15, -0.1) is 0 Å². The lowest BCUT2D eigenvalue weighted by molar-refractivity contribution is -0.135. The van der Waals surface area contributed by atoms with Gasteiger partial charge in [0.2, 0.25) is 11.8 Å². The first-order valence-corrected chi connectivity index (χ1v) is 8.32. The first-order valence-electron chi connectivity index (χ1n) is 8.32. The van der Waals surface area contributed by atoms with E-state index in [4.69, 9.17) is 0 Å². The Morgan fingerprint density at radius 3 is 2.42 bits per heavy atom. The Hall–Kier alpha value is -2.57. The van der Waals surface area contributed by atoms with Crippen molar-refractivity contribution in [1.82, 2.24) is 15.5 Å². The van der Waals surface area contributed by atoms with Crippen molar-refractivity contribution in [2.24, 2.45) is 0 Å². The van der Waals surface area contributed by atoms with Gasteiger partial charge in [0.25, 0.3) is 0 Å². The highest BCUT2D eigenvalue weighted by Gasteiger charge is 2.32. The van der Waals surface area contributed by atoms with Crippen LogP contribution < -0.4 is 16.0 Å². The number of nitrogens with zero attached hydrogens (tertiary/aromatic N) is 1. The molecule has 1 unspecified atom stereocenters. The molecular weight excluding hydrogens is 308 g/mol. The highest BCUT2D eigenvalue weighted by molar-refractivity contribution is 5.91. The first kappa shape index (κ1) is 16.3. The minimum Gasteiger partial charge on any atom is -0.344 e. The fourth-order valence-electron chi connectivity index (χ4n) is 3.14. The normalized spacial score (nSPS) is 21.2. The summed E-state index contributed by atoms with van der Waals surface area (Å²) in [5, 5.41) is 8.45. The second-order valence-corrected chi connectivity index (χ2v) is 6.22. The molecular formula is C17H22N4O3. The molecule has 2 saturated heterocycles. The van der Waals surface area contributed by atoms with Gasteiger partial charge in [-0.2, -0.15) is 0 Å². The van der Waals surface area contributed by atoms with Gasteiger partial charge in [0.1, 0.15) is 6.04 Å². The minimum absolute atomic E-state index is 0.00645. The molecule has 0 saturated carbocycles. The number of likely N-dealkylation sites (tertiary alicyclic amines) is 1. The zero-order valence-electron chi connectivity index (χ0n) is 13.5. The number of amides is 4. The molecule has 0 aliphatic carbocycles. The van der Waals surface area contributed by atoms with E-state index < -0.39 is 0 Å². The number of rotatable bonds is 3. The maximum absolute atomic E-state index is 12.3. The van der Waals surface area contributed by atoms with Gasteiger partial charge in [0.05, 0.1) is 0 Å². The second kappa shape index (κ2) is 7.33. The van der Waals surface area contributed by atoms with Crippen molar-refractivity contribution in [2.45, 2.75) is 37.8 Å². The summed E-state index contributed by atoms with van der Waals surface area (Å²) < 4.78 is 0. The van der Waals surface area contributed by atoms with Crippen molar-refractivity contribution < 1.29 is 14.4 Å². The lowest BCUT2D eigenvalue weighted by atomic mass is 10.0. The summed E-state index contributed by atoms with van der Waals surface area (Å²) in [7, 11) is 0. The Morgan fingerprint density at radius 2 is 1.79 bits per heavy atom. The summed E-state index contributed by atoms with van der Waals surface area (Å²) in [6, 6.07) is 8.73. The highest BCUT2D eigenvalue weighted by atomic mass is 16.2. The van der Waals surface area contributed by atoms with Gasteiger partial charge in [-0.05, 0) is 31.4 Å². The van der Waals surface area contributed by atoms with Crippen molar-refractivity contribution in [3.63, 3.8) is 0 Å². The molecule has 3 N–H and O–H groups in total. The molecule has 2 fully saturated rings. The van der Waals surface area contributed by atoms with Crippen LogP contribution in [0.4, 0.5) is 10.5 Å². The fraction of sp³-hybridized carbons (Fsp3) is 0.471. The molecule has 1 aromatic rings. The zero-order chi connectivity index (χ0) is 16.9. The van der Waals surface area contributed by atoms with Gasteiger partial charge in [-0.1, -0.05) is 18.2 Å². The van der Waals surface area contributed by atoms with E-state index in [1.165, 1.54) is 0 Å². The molecule has 4 amide bonds. The SMILES string of the molecule is O=C1CCC(C(=O)N2CCC(NC(=O)Nc3ccccc3)CC2)N1. The van der Waals surface area contributed by atoms with Crippen LogP contribution in [-0.2, 0) is 9.59 Å². The minimum atomic E-state index is -0.372. The zero-order valence-corrected chi connectivity index (χ0v) is 13.5. The second-order valence-electron chi connectivity index (χ2n) is 6.22. The monoisotopic (exact) mass is 330 g/mol. The molecule has 128 valence electrons. The number of nitrogens with one attached hydrogen (secondary N) is 3. The molecule has 0 radical (unpaired) electrons. The average molecular weight is 330 g/mol. The molecule has 2 heterocycles. The Morgan fingerprint density at radius 1 is 1.08 bits per heavy atom. The molecule has 2 aliphatic heterocycles. The third kappa shape index (κ3) is 4.04. The predicted octanol–water partition coefficient (Wildman–Crippen LogP) is 1.08. The molecule has 0 bridgehead atoms. The molecule has 0 spiro atoms. The topological polar surface area (TPSA) is 90.5 Å². The number of hydrogen-bond acceptors (Lipinski definition) is 3. The van der Waals surface area contributed by atoms with E-state index in [-0.39, 0.29) is 29.9 Å². The Bertz CT molecular complexity index is 612. The van der Waals surface area contributed by atoms with Crippen LogP contribution in [0.2, 0.25) is 0 Å². The largest absolute Gasteiger partial charge is 0.344 e. The van der Waals surface area contributed by atoms with Crippen LogP contribution in [0.15, 0.2) is 30.3 Å². The number of carbonyl (C=O) groups is 3. The van der Waals surface area contributed by atoms with Crippen molar-refractivity contribution in [2.75, 3.05) is 18.4 Å².